The quantitative estimate of drug-likeness (QED) is 0.877. The molecular formula is C18H21N3O2S. The molecule has 1 saturated heterocycles. The van der Waals surface area contributed by atoms with E-state index in [0.29, 0.717) is 22.7 Å². The van der Waals surface area contributed by atoms with E-state index in [1.807, 2.05) is 29.5 Å². The number of para-hydroxylation sites is 1. The number of hydrogen-bond acceptors (Lipinski definition) is 4. The van der Waals surface area contributed by atoms with Crippen molar-refractivity contribution in [1.82, 2.24) is 10.2 Å². The van der Waals surface area contributed by atoms with Gasteiger partial charge in [0.25, 0.3) is 11.8 Å². The molecule has 1 aromatic heterocycles. The molecule has 0 bridgehead atoms. The largest absolute Gasteiger partial charge is 0.338 e. The first-order valence-corrected chi connectivity index (χ1v) is 8.99. The van der Waals surface area contributed by atoms with E-state index >= 15 is 0 Å². The van der Waals surface area contributed by atoms with Gasteiger partial charge in [0.15, 0.2) is 0 Å². The second-order valence-corrected chi connectivity index (χ2v) is 6.76. The number of likely N-dealkylation sites (tertiary alicyclic amines) is 1. The number of anilines is 1. The molecule has 3 rings (SSSR count). The Bertz CT molecular complexity index is 715. The molecule has 1 atom stereocenters. The van der Waals surface area contributed by atoms with E-state index in [1.165, 1.54) is 11.3 Å². The van der Waals surface area contributed by atoms with E-state index in [9.17, 15) is 9.59 Å². The first kappa shape index (κ1) is 16.7. The number of carbonyl (C=O) groups is 2. The molecule has 2 aromatic rings. The van der Waals surface area contributed by atoms with Gasteiger partial charge in [-0.15, -0.1) is 0 Å². The highest BCUT2D eigenvalue weighted by Crippen LogP contribution is 2.23. The third kappa shape index (κ3) is 3.66. The Kier molecular flexibility index (Phi) is 5.27. The first-order chi connectivity index (χ1) is 11.7. The molecular weight excluding hydrogens is 322 g/mol. The lowest BCUT2D eigenvalue weighted by Gasteiger charge is -2.19. The molecule has 1 aliphatic rings. The summed E-state index contributed by atoms with van der Waals surface area (Å²) in [5.74, 6) is 0.285. The average molecular weight is 343 g/mol. The van der Waals surface area contributed by atoms with Crippen LogP contribution in [0.15, 0.2) is 41.1 Å². The average Bonchev–Trinajstić information content (AvgIpc) is 3.27. The number of benzene rings is 1. The predicted octanol–water partition coefficient (Wildman–Crippen LogP) is 2.68. The normalized spacial score (nSPS) is 17.0. The maximum Gasteiger partial charge on any atom is 0.256 e. The fraction of sp³-hybridized carbons (Fsp3) is 0.333. The summed E-state index contributed by atoms with van der Waals surface area (Å²) in [7, 11) is 1.93. The van der Waals surface area contributed by atoms with Crippen LogP contribution in [-0.2, 0) is 0 Å². The number of hydrogen-bond donors (Lipinski definition) is 2. The van der Waals surface area contributed by atoms with E-state index in [-0.39, 0.29) is 11.8 Å². The smallest absolute Gasteiger partial charge is 0.256 e. The summed E-state index contributed by atoms with van der Waals surface area (Å²) in [5, 5.41) is 9.68. The van der Waals surface area contributed by atoms with Gasteiger partial charge in [-0.2, -0.15) is 11.3 Å². The van der Waals surface area contributed by atoms with Gasteiger partial charge in [0.05, 0.1) is 16.8 Å². The maximum atomic E-state index is 12.8. The van der Waals surface area contributed by atoms with Crippen molar-refractivity contribution in [2.75, 3.05) is 32.0 Å². The zero-order valence-electron chi connectivity index (χ0n) is 13.6. The molecule has 0 saturated carbocycles. The Morgan fingerprint density at radius 2 is 2.12 bits per heavy atom. The van der Waals surface area contributed by atoms with Gasteiger partial charge < -0.3 is 15.5 Å². The summed E-state index contributed by atoms with van der Waals surface area (Å²) in [5.41, 5.74) is 1.72. The number of amides is 2. The monoisotopic (exact) mass is 343 g/mol. The summed E-state index contributed by atoms with van der Waals surface area (Å²) in [6.07, 6.45) is 1.01. The van der Waals surface area contributed by atoms with E-state index in [4.69, 9.17) is 0 Å². The number of rotatable bonds is 5. The number of thiophene rings is 1. The van der Waals surface area contributed by atoms with Crippen LogP contribution in [0.1, 0.15) is 27.1 Å². The van der Waals surface area contributed by atoms with E-state index < -0.39 is 0 Å². The van der Waals surface area contributed by atoms with Crippen LogP contribution in [0.2, 0.25) is 0 Å². The summed E-state index contributed by atoms with van der Waals surface area (Å²) >= 11 is 1.47. The third-order valence-corrected chi connectivity index (χ3v) is 4.94. The van der Waals surface area contributed by atoms with Crippen LogP contribution in [0.5, 0.6) is 0 Å². The van der Waals surface area contributed by atoms with Crippen LogP contribution in [0, 0.1) is 5.92 Å². The number of carbonyl (C=O) groups excluding carboxylic acids is 2. The molecule has 6 heteroatoms. The lowest BCUT2D eigenvalue weighted by Crippen LogP contribution is -2.31. The molecule has 1 unspecified atom stereocenters. The van der Waals surface area contributed by atoms with Gasteiger partial charge in [-0.3, -0.25) is 9.59 Å². The van der Waals surface area contributed by atoms with Crippen molar-refractivity contribution in [3.05, 3.63) is 52.2 Å². The Morgan fingerprint density at radius 1 is 1.29 bits per heavy atom. The highest BCUT2D eigenvalue weighted by Gasteiger charge is 2.27. The third-order valence-electron chi connectivity index (χ3n) is 4.25. The topological polar surface area (TPSA) is 61.4 Å². The molecule has 2 amide bonds. The molecule has 126 valence electrons. The summed E-state index contributed by atoms with van der Waals surface area (Å²) in [6.45, 7) is 2.44. The van der Waals surface area contributed by atoms with Crippen LogP contribution in [-0.4, -0.2) is 43.4 Å². The van der Waals surface area contributed by atoms with Gasteiger partial charge in [-0.1, -0.05) is 12.1 Å². The molecule has 24 heavy (non-hydrogen) atoms. The molecule has 2 heterocycles. The second-order valence-electron chi connectivity index (χ2n) is 5.98. The van der Waals surface area contributed by atoms with Crippen molar-refractivity contribution in [2.45, 2.75) is 6.42 Å². The van der Waals surface area contributed by atoms with Crippen molar-refractivity contribution in [2.24, 2.45) is 5.92 Å². The van der Waals surface area contributed by atoms with Crippen molar-refractivity contribution in [1.29, 1.82) is 0 Å². The van der Waals surface area contributed by atoms with Gasteiger partial charge in [0, 0.05) is 18.5 Å². The van der Waals surface area contributed by atoms with E-state index in [2.05, 4.69) is 10.6 Å². The summed E-state index contributed by atoms with van der Waals surface area (Å²) in [6, 6.07) is 8.98. The minimum absolute atomic E-state index is 0.0187. The van der Waals surface area contributed by atoms with E-state index in [0.717, 1.165) is 26.1 Å². The van der Waals surface area contributed by atoms with Crippen molar-refractivity contribution in [3.63, 3.8) is 0 Å². The van der Waals surface area contributed by atoms with Gasteiger partial charge in [0.1, 0.15) is 0 Å². The minimum Gasteiger partial charge on any atom is -0.338 e. The Labute approximate surface area is 145 Å². The lowest BCUT2D eigenvalue weighted by molar-refractivity contribution is 0.0788. The van der Waals surface area contributed by atoms with Crippen LogP contribution in [0.4, 0.5) is 5.69 Å². The number of nitrogens with zero attached hydrogens (tertiary/aromatic N) is 1. The molecule has 0 aliphatic carbocycles. The van der Waals surface area contributed by atoms with Crippen LogP contribution in [0.25, 0.3) is 0 Å². The molecule has 0 radical (unpaired) electrons. The Hall–Kier alpha value is -2.18. The van der Waals surface area contributed by atoms with Gasteiger partial charge in [-0.05, 0) is 49.5 Å². The summed E-state index contributed by atoms with van der Waals surface area (Å²) < 4.78 is 0. The van der Waals surface area contributed by atoms with E-state index in [1.54, 1.807) is 23.6 Å². The van der Waals surface area contributed by atoms with Crippen molar-refractivity contribution in [3.8, 4) is 0 Å². The first-order valence-electron chi connectivity index (χ1n) is 8.05. The molecule has 1 aromatic carbocycles. The van der Waals surface area contributed by atoms with Crippen LogP contribution in [0.3, 0.4) is 0 Å². The Morgan fingerprint density at radius 3 is 2.88 bits per heavy atom. The fourth-order valence-corrected chi connectivity index (χ4v) is 3.65. The van der Waals surface area contributed by atoms with Gasteiger partial charge in [0.2, 0.25) is 0 Å². The zero-order chi connectivity index (χ0) is 16.9. The standard InChI is InChI=1S/C18H21N3O2S/c1-19-10-13-6-8-21(11-13)18(23)15-4-2-3-5-16(15)20-17(22)14-7-9-24-12-14/h2-5,7,9,12-13,19H,6,8,10-11H2,1H3,(H,20,22). The lowest BCUT2D eigenvalue weighted by atomic mass is 10.1. The predicted molar refractivity (Wildman–Crippen MR) is 96.7 cm³/mol. The molecule has 0 spiro atoms. The fourth-order valence-electron chi connectivity index (χ4n) is 3.01. The number of nitrogens with one attached hydrogen (secondary N) is 2. The van der Waals surface area contributed by atoms with Crippen LogP contribution < -0.4 is 10.6 Å². The highest BCUT2D eigenvalue weighted by atomic mass is 32.1. The van der Waals surface area contributed by atoms with Crippen molar-refractivity contribution < 1.29 is 9.59 Å². The van der Waals surface area contributed by atoms with Gasteiger partial charge in [-0.25, -0.2) is 0 Å². The van der Waals surface area contributed by atoms with Gasteiger partial charge >= 0.3 is 0 Å². The summed E-state index contributed by atoms with van der Waals surface area (Å²) in [4.78, 5) is 27.0. The highest BCUT2D eigenvalue weighted by molar-refractivity contribution is 7.08. The Balaban J connectivity index is 1.74. The minimum atomic E-state index is -0.189. The van der Waals surface area contributed by atoms with Crippen LogP contribution >= 0.6 is 11.3 Å². The van der Waals surface area contributed by atoms with Crippen molar-refractivity contribution >= 4 is 28.8 Å². The zero-order valence-corrected chi connectivity index (χ0v) is 14.4. The molecule has 1 fully saturated rings. The SMILES string of the molecule is CNCC1CCN(C(=O)c2ccccc2NC(=O)c2ccsc2)C1. The maximum absolute atomic E-state index is 12.8. The molecule has 2 N–H and O–H groups in total. The molecule has 1 aliphatic heterocycles. The molecule has 5 nitrogen and oxygen atoms in total. The second kappa shape index (κ2) is 7.59.